The van der Waals surface area contributed by atoms with Gasteiger partial charge in [0.15, 0.2) is 0 Å². The maximum atomic E-state index is 11.7. The molecule has 0 bridgehead atoms. The third-order valence-electron chi connectivity index (χ3n) is 1.23. The summed E-state index contributed by atoms with van der Waals surface area (Å²) in [5, 5.41) is 12.1. The van der Waals surface area contributed by atoms with Gasteiger partial charge in [-0.15, -0.1) is 0 Å². The van der Waals surface area contributed by atoms with Gasteiger partial charge in [-0.2, -0.15) is 5.10 Å². The monoisotopic (exact) mass is 188 g/mol. The minimum atomic E-state index is -1.09. The molecule has 1 aromatic rings. The summed E-state index contributed by atoms with van der Waals surface area (Å²) < 4.78 is 12.9. The molecule has 0 aromatic carbocycles. The van der Waals surface area contributed by atoms with Crippen LogP contribution in [-0.4, -0.2) is 27.5 Å². The first-order valence-corrected chi connectivity index (χ1v) is 4.07. The first-order chi connectivity index (χ1) is 6.25. The van der Waals surface area contributed by atoms with Gasteiger partial charge in [0.05, 0.1) is 6.54 Å². The van der Waals surface area contributed by atoms with Gasteiger partial charge in [-0.3, -0.25) is 4.68 Å². The van der Waals surface area contributed by atoms with Crippen molar-refractivity contribution in [2.45, 2.75) is 20.4 Å². The van der Waals surface area contributed by atoms with Gasteiger partial charge in [0.25, 0.3) is 0 Å². The molecule has 0 saturated heterocycles. The predicted molar refractivity (Wildman–Crippen MR) is 46.5 cm³/mol. The standard InChI is InChI=1S/C6H7FN2O2.C2H6/c7-2-4-9-5(6(10)11)1-3-8-9;1-2/h1,3H,2,4H2,(H,10,11);1-2H3. The molecular weight excluding hydrogens is 175 g/mol. The number of aromatic carboxylic acids is 1. The third-order valence-corrected chi connectivity index (χ3v) is 1.23. The fourth-order valence-corrected chi connectivity index (χ4v) is 0.773. The molecule has 0 spiro atoms. The highest BCUT2D eigenvalue weighted by Crippen LogP contribution is 1.97. The van der Waals surface area contributed by atoms with Gasteiger partial charge in [-0.25, -0.2) is 9.18 Å². The highest BCUT2D eigenvalue weighted by molar-refractivity contribution is 5.85. The molecule has 4 nitrogen and oxygen atoms in total. The van der Waals surface area contributed by atoms with E-state index in [0.717, 1.165) is 4.68 Å². The van der Waals surface area contributed by atoms with E-state index in [1.54, 1.807) is 0 Å². The molecule has 0 atom stereocenters. The number of nitrogens with zero attached hydrogens (tertiary/aromatic N) is 2. The molecule has 5 heteroatoms. The van der Waals surface area contributed by atoms with Crippen molar-refractivity contribution >= 4 is 5.97 Å². The Balaban J connectivity index is 0.000000671. The first kappa shape index (κ1) is 11.6. The zero-order chi connectivity index (χ0) is 10.3. The molecule has 0 saturated carbocycles. The van der Waals surface area contributed by atoms with Crippen LogP contribution < -0.4 is 0 Å². The van der Waals surface area contributed by atoms with Crippen molar-refractivity contribution in [2.75, 3.05) is 6.67 Å². The summed E-state index contributed by atoms with van der Waals surface area (Å²) in [6, 6.07) is 1.33. The van der Waals surface area contributed by atoms with E-state index in [4.69, 9.17) is 5.11 Å². The van der Waals surface area contributed by atoms with Crippen LogP contribution in [-0.2, 0) is 6.54 Å². The number of carbonyl (C=O) groups is 1. The van der Waals surface area contributed by atoms with Crippen molar-refractivity contribution in [3.63, 3.8) is 0 Å². The number of alkyl halides is 1. The quantitative estimate of drug-likeness (QED) is 0.783. The predicted octanol–water partition coefficient (Wildman–Crippen LogP) is 1.58. The van der Waals surface area contributed by atoms with Gasteiger partial charge >= 0.3 is 5.97 Å². The molecule has 0 amide bonds. The summed E-state index contributed by atoms with van der Waals surface area (Å²) in [6.45, 7) is 3.39. The third kappa shape index (κ3) is 3.23. The summed E-state index contributed by atoms with van der Waals surface area (Å²) in [6.07, 6.45) is 1.33. The largest absolute Gasteiger partial charge is 0.477 e. The Morgan fingerprint density at radius 2 is 2.31 bits per heavy atom. The van der Waals surface area contributed by atoms with Gasteiger partial charge < -0.3 is 5.11 Å². The number of aryl methyl sites for hydroxylation is 1. The first-order valence-electron chi connectivity index (χ1n) is 4.07. The van der Waals surface area contributed by atoms with Crippen LogP contribution in [0.2, 0.25) is 0 Å². The summed E-state index contributed by atoms with van der Waals surface area (Å²) in [4.78, 5) is 10.4. The van der Waals surface area contributed by atoms with E-state index < -0.39 is 12.6 Å². The molecule has 1 rings (SSSR count). The number of aromatic nitrogens is 2. The number of hydrogen-bond acceptors (Lipinski definition) is 2. The zero-order valence-electron chi connectivity index (χ0n) is 7.70. The van der Waals surface area contributed by atoms with Crippen LogP contribution in [0.5, 0.6) is 0 Å². The fraction of sp³-hybridized carbons (Fsp3) is 0.500. The molecule has 0 unspecified atom stereocenters. The average Bonchev–Trinajstić information content (AvgIpc) is 2.57. The van der Waals surface area contributed by atoms with E-state index >= 15 is 0 Å². The zero-order valence-corrected chi connectivity index (χ0v) is 7.70. The Hall–Kier alpha value is -1.39. The number of carboxylic acid groups (broad SMARTS) is 1. The minimum Gasteiger partial charge on any atom is -0.477 e. The number of halogens is 1. The Morgan fingerprint density at radius 3 is 2.77 bits per heavy atom. The van der Waals surface area contributed by atoms with Gasteiger partial charge in [-0.1, -0.05) is 13.8 Å². The Morgan fingerprint density at radius 1 is 1.69 bits per heavy atom. The molecule has 0 aliphatic rings. The van der Waals surface area contributed by atoms with Crippen LogP contribution in [0.25, 0.3) is 0 Å². The van der Waals surface area contributed by atoms with Crippen LogP contribution in [0, 0.1) is 0 Å². The average molecular weight is 188 g/mol. The van der Waals surface area contributed by atoms with Crippen LogP contribution in [0.4, 0.5) is 4.39 Å². The van der Waals surface area contributed by atoms with Crippen LogP contribution in [0.15, 0.2) is 12.3 Å². The van der Waals surface area contributed by atoms with Crippen molar-refractivity contribution in [3.05, 3.63) is 18.0 Å². The van der Waals surface area contributed by atoms with Gasteiger partial charge in [-0.05, 0) is 6.07 Å². The number of hydrogen-bond donors (Lipinski definition) is 1. The van der Waals surface area contributed by atoms with Crippen molar-refractivity contribution in [1.82, 2.24) is 9.78 Å². The van der Waals surface area contributed by atoms with Gasteiger partial charge in [0.1, 0.15) is 12.4 Å². The van der Waals surface area contributed by atoms with Crippen LogP contribution in [0.1, 0.15) is 24.3 Å². The SMILES string of the molecule is CC.O=C(O)c1ccnn1CCF. The van der Waals surface area contributed by atoms with Crippen molar-refractivity contribution in [1.29, 1.82) is 0 Å². The Labute approximate surface area is 76.0 Å². The molecule has 1 N–H and O–H groups in total. The fourth-order valence-electron chi connectivity index (χ4n) is 0.773. The Kier molecular flexibility index (Phi) is 5.50. The van der Waals surface area contributed by atoms with Crippen molar-refractivity contribution in [2.24, 2.45) is 0 Å². The lowest BCUT2D eigenvalue weighted by atomic mass is 10.4. The number of rotatable bonds is 3. The molecule has 0 fully saturated rings. The number of carboxylic acids is 1. The molecule has 74 valence electrons. The highest BCUT2D eigenvalue weighted by atomic mass is 19.1. The summed E-state index contributed by atoms with van der Waals surface area (Å²) in [5.41, 5.74) is 0.0163. The lowest BCUT2D eigenvalue weighted by Crippen LogP contribution is -2.10. The second kappa shape index (κ2) is 6.16. The van der Waals surface area contributed by atoms with Gasteiger partial charge in [0.2, 0.25) is 0 Å². The van der Waals surface area contributed by atoms with E-state index in [1.165, 1.54) is 12.3 Å². The van der Waals surface area contributed by atoms with Gasteiger partial charge in [0, 0.05) is 6.20 Å². The van der Waals surface area contributed by atoms with Crippen LogP contribution in [0.3, 0.4) is 0 Å². The molecule has 0 aliphatic carbocycles. The topological polar surface area (TPSA) is 55.1 Å². The normalized spacial score (nSPS) is 8.85. The summed E-state index contributed by atoms with van der Waals surface area (Å²) >= 11 is 0. The molecule has 0 radical (unpaired) electrons. The van der Waals surface area contributed by atoms with Crippen LogP contribution >= 0.6 is 0 Å². The van der Waals surface area contributed by atoms with Crippen molar-refractivity contribution < 1.29 is 14.3 Å². The minimum absolute atomic E-state index is 0.00532. The summed E-state index contributed by atoms with van der Waals surface area (Å²) in [5.74, 6) is -1.09. The molecule has 1 heterocycles. The maximum absolute atomic E-state index is 11.7. The molecule has 13 heavy (non-hydrogen) atoms. The van der Waals surface area contributed by atoms with Crippen molar-refractivity contribution in [3.8, 4) is 0 Å². The summed E-state index contributed by atoms with van der Waals surface area (Å²) in [7, 11) is 0. The lowest BCUT2D eigenvalue weighted by molar-refractivity contribution is 0.0682. The van der Waals surface area contributed by atoms with E-state index in [0.29, 0.717) is 0 Å². The smallest absolute Gasteiger partial charge is 0.354 e. The second-order valence-electron chi connectivity index (χ2n) is 1.93. The molecular formula is C8H13FN2O2. The Bertz CT molecular complexity index is 260. The van der Waals surface area contributed by atoms with E-state index in [2.05, 4.69) is 5.10 Å². The van der Waals surface area contributed by atoms with E-state index in [-0.39, 0.29) is 12.2 Å². The maximum Gasteiger partial charge on any atom is 0.354 e. The molecule has 1 aromatic heterocycles. The molecule has 0 aliphatic heterocycles. The highest BCUT2D eigenvalue weighted by Gasteiger charge is 2.08. The second-order valence-corrected chi connectivity index (χ2v) is 1.93. The van der Waals surface area contributed by atoms with E-state index in [9.17, 15) is 9.18 Å². The lowest BCUT2D eigenvalue weighted by Gasteiger charge is -1.98. The van der Waals surface area contributed by atoms with E-state index in [1.807, 2.05) is 13.8 Å².